The van der Waals surface area contributed by atoms with Gasteiger partial charge in [-0.15, -0.1) is 0 Å². The molecular weight excluding hydrogens is 793 g/mol. The lowest BCUT2D eigenvalue weighted by Gasteiger charge is -2.18. The standard InChI is InChI=1S/C58H100O6/c1-4-7-10-13-16-19-22-25-27-29-31-33-36-38-41-44-47-50-56(59)62-53-55(64-58(61)52-49-46-43-40-35-24-21-18-15-12-9-6-3)54-63-57(60)51-48-45-42-39-37-34-32-30-28-26-23-20-17-14-11-8-5-2/h16-17,19-20,25-28,31-34,55H,4-15,18,21-24,29-30,35-54H2,1-3H3/b19-16-,20-17-,27-25-,28-26-,33-31-,34-32-. The third kappa shape index (κ3) is 49.9. The van der Waals surface area contributed by atoms with Crippen LogP contribution < -0.4 is 0 Å². The average Bonchev–Trinajstić information content (AvgIpc) is 3.29. The Labute approximate surface area is 395 Å². The molecule has 6 nitrogen and oxygen atoms in total. The molecule has 0 atom stereocenters. The van der Waals surface area contributed by atoms with Gasteiger partial charge < -0.3 is 14.2 Å². The maximum absolute atomic E-state index is 12.8. The van der Waals surface area contributed by atoms with Crippen molar-refractivity contribution in [1.82, 2.24) is 0 Å². The number of hydrogen-bond acceptors (Lipinski definition) is 6. The summed E-state index contributed by atoms with van der Waals surface area (Å²) in [6.45, 7) is 6.55. The van der Waals surface area contributed by atoms with E-state index in [9.17, 15) is 14.4 Å². The Morgan fingerprint density at radius 2 is 0.562 bits per heavy atom. The van der Waals surface area contributed by atoms with Crippen LogP contribution in [-0.2, 0) is 28.6 Å². The summed E-state index contributed by atoms with van der Waals surface area (Å²) in [5, 5.41) is 0. The van der Waals surface area contributed by atoms with Gasteiger partial charge in [0.2, 0.25) is 0 Å². The van der Waals surface area contributed by atoms with E-state index in [-0.39, 0.29) is 31.1 Å². The van der Waals surface area contributed by atoms with Crippen molar-refractivity contribution < 1.29 is 28.6 Å². The molecule has 0 amide bonds. The van der Waals surface area contributed by atoms with Gasteiger partial charge in [-0.1, -0.05) is 216 Å². The molecule has 368 valence electrons. The van der Waals surface area contributed by atoms with E-state index in [1.54, 1.807) is 0 Å². The molecule has 0 unspecified atom stereocenters. The summed E-state index contributed by atoms with van der Waals surface area (Å²) in [5.74, 6) is -0.930. The van der Waals surface area contributed by atoms with Gasteiger partial charge in [-0.3, -0.25) is 14.4 Å². The number of carbonyl (C=O) groups excluding carboxylic acids is 3. The molecular formula is C58H100O6. The second-order valence-corrected chi connectivity index (χ2v) is 17.8. The molecule has 0 aromatic heterocycles. The first-order chi connectivity index (χ1) is 31.5. The van der Waals surface area contributed by atoms with Crippen molar-refractivity contribution in [2.24, 2.45) is 0 Å². The number of carbonyl (C=O) groups is 3. The fourth-order valence-electron chi connectivity index (χ4n) is 7.34. The van der Waals surface area contributed by atoms with Crippen LogP contribution >= 0.6 is 0 Å². The Bertz CT molecular complexity index is 1140. The van der Waals surface area contributed by atoms with E-state index in [1.165, 1.54) is 109 Å². The molecule has 0 saturated carbocycles. The summed E-state index contributed by atoms with van der Waals surface area (Å²) in [6, 6.07) is 0. The minimum atomic E-state index is -0.792. The van der Waals surface area contributed by atoms with Gasteiger partial charge in [0.15, 0.2) is 6.10 Å². The van der Waals surface area contributed by atoms with Crippen molar-refractivity contribution >= 4 is 17.9 Å². The number of unbranched alkanes of at least 4 members (excludes halogenated alkanes) is 25. The quantitative estimate of drug-likeness (QED) is 0.0262. The highest BCUT2D eigenvalue weighted by Crippen LogP contribution is 2.14. The summed E-state index contributed by atoms with van der Waals surface area (Å²) >= 11 is 0. The maximum atomic E-state index is 12.8. The zero-order valence-corrected chi connectivity index (χ0v) is 42.0. The van der Waals surface area contributed by atoms with Crippen LogP contribution in [0, 0.1) is 0 Å². The maximum Gasteiger partial charge on any atom is 0.306 e. The van der Waals surface area contributed by atoms with E-state index in [0.29, 0.717) is 19.3 Å². The van der Waals surface area contributed by atoms with E-state index in [2.05, 4.69) is 93.7 Å². The van der Waals surface area contributed by atoms with Gasteiger partial charge in [0.1, 0.15) is 13.2 Å². The third-order valence-electron chi connectivity index (χ3n) is 11.4. The third-order valence-corrected chi connectivity index (χ3v) is 11.4. The lowest BCUT2D eigenvalue weighted by atomic mass is 10.0. The molecule has 0 spiro atoms. The monoisotopic (exact) mass is 893 g/mol. The first-order valence-corrected chi connectivity index (χ1v) is 26.9. The zero-order chi connectivity index (χ0) is 46.5. The van der Waals surface area contributed by atoms with E-state index in [4.69, 9.17) is 14.2 Å². The van der Waals surface area contributed by atoms with Crippen LogP contribution in [0.15, 0.2) is 72.9 Å². The van der Waals surface area contributed by atoms with Crippen molar-refractivity contribution in [2.45, 2.75) is 264 Å². The molecule has 0 heterocycles. The molecule has 0 saturated heterocycles. The fraction of sp³-hybridized carbons (Fsp3) is 0.741. The van der Waals surface area contributed by atoms with Crippen LogP contribution in [0.25, 0.3) is 0 Å². The van der Waals surface area contributed by atoms with Gasteiger partial charge in [0, 0.05) is 19.3 Å². The minimum Gasteiger partial charge on any atom is -0.462 e. The van der Waals surface area contributed by atoms with Crippen molar-refractivity contribution in [3.8, 4) is 0 Å². The predicted octanol–water partition coefficient (Wildman–Crippen LogP) is 17.8. The molecule has 0 aliphatic carbocycles. The Morgan fingerprint density at radius 3 is 0.906 bits per heavy atom. The molecule has 0 N–H and O–H groups in total. The van der Waals surface area contributed by atoms with E-state index in [1.807, 2.05) is 0 Å². The molecule has 0 aliphatic rings. The number of allylic oxidation sites excluding steroid dienone is 12. The molecule has 0 rings (SSSR count). The SMILES string of the molecule is CCCCC/C=C\C/C=C\C/C=C\CCCCCCC(=O)OCC(COC(=O)CCCCCC/C=C\C/C=C\C/C=C\CCCCC)OC(=O)CCCCCCCCCCCCCC. The topological polar surface area (TPSA) is 78.9 Å². The van der Waals surface area contributed by atoms with Crippen LogP contribution in [0.4, 0.5) is 0 Å². The van der Waals surface area contributed by atoms with Gasteiger partial charge in [0.05, 0.1) is 0 Å². The Balaban J connectivity index is 4.44. The predicted molar refractivity (Wildman–Crippen MR) is 274 cm³/mol. The molecule has 0 aromatic carbocycles. The van der Waals surface area contributed by atoms with Crippen molar-refractivity contribution in [3.05, 3.63) is 72.9 Å². The van der Waals surface area contributed by atoms with E-state index >= 15 is 0 Å². The highest BCUT2D eigenvalue weighted by atomic mass is 16.6. The number of hydrogen-bond donors (Lipinski definition) is 0. The Kier molecular flexibility index (Phi) is 49.9. The van der Waals surface area contributed by atoms with Gasteiger partial charge in [-0.05, 0) is 96.3 Å². The minimum absolute atomic E-state index is 0.0930. The fourth-order valence-corrected chi connectivity index (χ4v) is 7.34. The largest absolute Gasteiger partial charge is 0.462 e. The summed E-state index contributed by atoms with van der Waals surface area (Å²) < 4.78 is 16.8. The normalized spacial score (nSPS) is 12.2. The molecule has 6 heteroatoms. The van der Waals surface area contributed by atoms with Crippen LogP contribution in [0.2, 0.25) is 0 Å². The molecule has 0 fully saturated rings. The van der Waals surface area contributed by atoms with Crippen molar-refractivity contribution in [2.75, 3.05) is 13.2 Å². The first-order valence-electron chi connectivity index (χ1n) is 26.9. The van der Waals surface area contributed by atoms with Crippen LogP contribution in [0.1, 0.15) is 258 Å². The second kappa shape index (κ2) is 52.5. The van der Waals surface area contributed by atoms with Gasteiger partial charge in [0.25, 0.3) is 0 Å². The van der Waals surface area contributed by atoms with Gasteiger partial charge in [-0.2, -0.15) is 0 Å². The molecule has 0 aromatic rings. The zero-order valence-electron chi connectivity index (χ0n) is 42.0. The van der Waals surface area contributed by atoms with Crippen LogP contribution in [0.5, 0.6) is 0 Å². The average molecular weight is 893 g/mol. The van der Waals surface area contributed by atoms with E-state index < -0.39 is 6.10 Å². The smallest absolute Gasteiger partial charge is 0.306 e. The van der Waals surface area contributed by atoms with Crippen molar-refractivity contribution in [1.29, 1.82) is 0 Å². The number of esters is 3. The van der Waals surface area contributed by atoms with Gasteiger partial charge >= 0.3 is 17.9 Å². The number of ether oxygens (including phenoxy) is 3. The Morgan fingerprint density at radius 1 is 0.312 bits per heavy atom. The van der Waals surface area contributed by atoms with Crippen LogP contribution in [-0.4, -0.2) is 37.2 Å². The molecule has 0 bridgehead atoms. The summed E-state index contributed by atoms with van der Waals surface area (Å²) in [6.07, 6.45) is 65.9. The Hall–Kier alpha value is -3.15. The van der Waals surface area contributed by atoms with E-state index in [0.717, 1.165) is 109 Å². The van der Waals surface area contributed by atoms with Gasteiger partial charge in [-0.25, -0.2) is 0 Å². The first kappa shape index (κ1) is 60.9. The van der Waals surface area contributed by atoms with Crippen molar-refractivity contribution in [3.63, 3.8) is 0 Å². The lowest BCUT2D eigenvalue weighted by molar-refractivity contribution is -0.167. The molecule has 64 heavy (non-hydrogen) atoms. The second-order valence-electron chi connectivity index (χ2n) is 17.8. The highest BCUT2D eigenvalue weighted by molar-refractivity contribution is 5.71. The summed E-state index contributed by atoms with van der Waals surface area (Å²) in [4.78, 5) is 38.0. The molecule has 0 radical (unpaired) electrons. The summed E-state index contributed by atoms with van der Waals surface area (Å²) in [5.41, 5.74) is 0. The summed E-state index contributed by atoms with van der Waals surface area (Å²) in [7, 11) is 0. The number of rotatable bonds is 48. The highest BCUT2D eigenvalue weighted by Gasteiger charge is 2.19. The molecule has 0 aliphatic heterocycles. The van der Waals surface area contributed by atoms with Crippen LogP contribution in [0.3, 0.4) is 0 Å². The lowest BCUT2D eigenvalue weighted by Crippen LogP contribution is -2.30.